The number of non-ortho nitro benzene ring substituents is 1. The summed E-state index contributed by atoms with van der Waals surface area (Å²) in [6.07, 6.45) is 1.22. The number of H-pyrrole nitrogens is 1. The minimum absolute atomic E-state index is 0.0471. The van der Waals surface area contributed by atoms with Crippen molar-refractivity contribution in [1.29, 1.82) is 0 Å². The summed E-state index contributed by atoms with van der Waals surface area (Å²) in [7, 11) is 0. The first-order valence-electron chi connectivity index (χ1n) is 5.70. The molecule has 0 aliphatic carbocycles. The van der Waals surface area contributed by atoms with E-state index in [4.69, 9.17) is 0 Å². The summed E-state index contributed by atoms with van der Waals surface area (Å²) in [6, 6.07) is 4.25. The second-order valence-corrected chi connectivity index (χ2v) is 4.14. The molecule has 11 nitrogen and oxygen atoms in total. The van der Waals surface area contributed by atoms with Gasteiger partial charge in [-0.25, -0.2) is 4.98 Å². The molecule has 2 aromatic heterocycles. The van der Waals surface area contributed by atoms with Crippen molar-refractivity contribution in [1.82, 2.24) is 24.7 Å². The van der Waals surface area contributed by atoms with Crippen LogP contribution in [0.2, 0.25) is 0 Å². The Morgan fingerprint density at radius 3 is 2.71 bits per heavy atom. The Labute approximate surface area is 115 Å². The maximum absolute atomic E-state index is 10.7. The van der Waals surface area contributed by atoms with Crippen LogP contribution in [0.15, 0.2) is 24.5 Å². The fraction of sp³-hybridized carbons (Fsp3) is 0.100. The molecule has 0 fully saturated rings. The predicted molar refractivity (Wildman–Crippen MR) is 68.5 cm³/mol. The molecule has 0 radical (unpaired) electrons. The first-order valence-corrected chi connectivity index (χ1v) is 5.70. The molecule has 0 aliphatic rings. The number of nitrogens with one attached hydrogen (secondary N) is 1. The van der Waals surface area contributed by atoms with Crippen LogP contribution in [0.1, 0.15) is 5.82 Å². The third-order valence-electron chi connectivity index (χ3n) is 2.72. The van der Waals surface area contributed by atoms with Gasteiger partial charge in [-0.05, 0) is 11.0 Å². The van der Waals surface area contributed by atoms with Crippen molar-refractivity contribution in [2.24, 2.45) is 0 Å². The van der Waals surface area contributed by atoms with Crippen LogP contribution in [0.5, 0.6) is 0 Å². The largest absolute Gasteiger partial charge is 0.490 e. The Hall–Kier alpha value is -3.37. The molecule has 3 aromatic rings. The number of fused-ring (bicyclic) bond motifs is 1. The van der Waals surface area contributed by atoms with Crippen LogP contribution in [0.25, 0.3) is 11.0 Å². The molecular weight excluding hydrogens is 282 g/mol. The van der Waals surface area contributed by atoms with Crippen LogP contribution < -0.4 is 0 Å². The van der Waals surface area contributed by atoms with E-state index < -0.39 is 15.8 Å². The molecule has 106 valence electrons. The average molecular weight is 289 g/mol. The molecule has 2 heterocycles. The average Bonchev–Trinajstić information content (AvgIpc) is 3.03. The highest BCUT2D eigenvalue weighted by Crippen LogP contribution is 2.19. The van der Waals surface area contributed by atoms with Gasteiger partial charge < -0.3 is 15.1 Å². The van der Waals surface area contributed by atoms with Gasteiger partial charge in [0.05, 0.1) is 16.0 Å². The van der Waals surface area contributed by atoms with Gasteiger partial charge in [-0.1, -0.05) is 4.98 Å². The van der Waals surface area contributed by atoms with Crippen LogP contribution in [0, 0.1) is 20.2 Å². The van der Waals surface area contributed by atoms with Gasteiger partial charge in [0.15, 0.2) is 0 Å². The van der Waals surface area contributed by atoms with E-state index in [1.165, 1.54) is 29.2 Å². The molecule has 0 saturated carbocycles. The van der Waals surface area contributed by atoms with E-state index in [-0.39, 0.29) is 12.2 Å². The van der Waals surface area contributed by atoms with Gasteiger partial charge in [0.1, 0.15) is 12.4 Å². The van der Waals surface area contributed by atoms with Crippen LogP contribution in [0.3, 0.4) is 0 Å². The summed E-state index contributed by atoms with van der Waals surface area (Å²) in [4.78, 5) is 30.6. The quantitative estimate of drug-likeness (QED) is 0.557. The zero-order chi connectivity index (χ0) is 15.0. The third-order valence-corrected chi connectivity index (χ3v) is 2.72. The number of benzene rings is 1. The molecule has 0 bridgehead atoms. The standard InChI is InChI=1S/C10H7N7O4/c18-16(19)6-1-2-7-8(3-6)13-9(12-7)4-15-5-11-10(14-15)17(20)21/h1-3,5H,4H2,(H,12,13). The van der Waals surface area contributed by atoms with Gasteiger partial charge >= 0.3 is 5.95 Å². The molecule has 0 amide bonds. The van der Waals surface area contributed by atoms with E-state index >= 15 is 0 Å². The molecule has 21 heavy (non-hydrogen) atoms. The van der Waals surface area contributed by atoms with E-state index in [1.54, 1.807) is 0 Å². The summed E-state index contributed by atoms with van der Waals surface area (Å²) in [5, 5.41) is 24.8. The molecule has 0 atom stereocenters. The van der Waals surface area contributed by atoms with E-state index in [0.29, 0.717) is 16.9 Å². The Balaban J connectivity index is 1.90. The molecule has 3 rings (SSSR count). The van der Waals surface area contributed by atoms with E-state index in [2.05, 4.69) is 20.1 Å². The molecule has 1 N–H and O–H groups in total. The van der Waals surface area contributed by atoms with Crippen molar-refractivity contribution in [2.75, 3.05) is 0 Å². The topological polar surface area (TPSA) is 146 Å². The molecule has 0 unspecified atom stereocenters. The number of imidazole rings is 1. The zero-order valence-electron chi connectivity index (χ0n) is 10.3. The van der Waals surface area contributed by atoms with Crippen molar-refractivity contribution >= 4 is 22.7 Å². The highest BCUT2D eigenvalue weighted by Gasteiger charge is 2.15. The van der Waals surface area contributed by atoms with Crippen molar-refractivity contribution in [3.8, 4) is 0 Å². The van der Waals surface area contributed by atoms with Gasteiger partial charge in [0.25, 0.3) is 5.69 Å². The second kappa shape index (κ2) is 4.63. The van der Waals surface area contributed by atoms with E-state index in [0.717, 1.165) is 0 Å². The lowest BCUT2D eigenvalue weighted by molar-refractivity contribution is -0.394. The van der Waals surface area contributed by atoms with Crippen LogP contribution >= 0.6 is 0 Å². The number of nitrogens with zero attached hydrogens (tertiary/aromatic N) is 6. The first kappa shape index (κ1) is 12.7. The molecule has 11 heteroatoms. The minimum Gasteiger partial charge on any atom is -0.390 e. The number of hydrogen-bond donors (Lipinski definition) is 1. The zero-order valence-corrected chi connectivity index (χ0v) is 10.3. The predicted octanol–water partition coefficient (Wildman–Crippen LogP) is 1.02. The molecule has 1 aromatic carbocycles. The Morgan fingerprint density at radius 1 is 1.24 bits per heavy atom. The summed E-state index contributed by atoms with van der Waals surface area (Å²) in [5.41, 5.74) is 1.02. The van der Waals surface area contributed by atoms with Gasteiger partial charge in [0.2, 0.25) is 6.33 Å². The van der Waals surface area contributed by atoms with Crippen LogP contribution in [-0.4, -0.2) is 34.6 Å². The van der Waals surface area contributed by atoms with Crippen LogP contribution in [0.4, 0.5) is 11.6 Å². The maximum Gasteiger partial charge on any atom is 0.490 e. The Morgan fingerprint density at radius 2 is 2.05 bits per heavy atom. The highest BCUT2D eigenvalue weighted by atomic mass is 16.6. The monoisotopic (exact) mass is 289 g/mol. The number of hydrogen-bond acceptors (Lipinski definition) is 7. The van der Waals surface area contributed by atoms with Crippen molar-refractivity contribution in [2.45, 2.75) is 6.54 Å². The van der Waals surface area contributed by atoms with Crippen molar-refractivity contribution in [3.63, 3.8) is 0 Å². The SMILES string of the molecule is O=[N+]([O-])c1ccc2nc(Cn3cnc([N+](=O)[O-])n3)[nH]c2c1. The number of aromatic amines is 1. The van der Waals surface area contributed by atoms with Crippen molar-refractivity contribution in [3.05, 3.63) is 50.6 Å². The third kappa shape index (κ3) is 2.39. The summed E-state index contributed by atoms with van der Waals surface area (Å²) < 4.78 is 1.25. The lowest BCUT2D eigenvalue weighted by Crippen LogP contribution is -2.02. The number of aromatic nitrogens is 5. The smallest absolute Gasteiger partial charge is 0.390 e. The number of nitro groups is 2. The van der Waals surface area contributed by atoms with E-state index in [9.17, 15) is 20.2 Å². The Bertz CT molecular complexity index is 852. The fourth-order valence-electron chi connectivity index (χ4n) is 1.84. The lowest BCUT2D eigenvalue weighted by atomic mass is 10.3. The van der Waals surface area contributed by atoms with E-state index in [1.807, 2.05) is 0 Å². The highest BCUT2D eigenvalue weighted by molar-refractivity contribution is 5.77. The van der Waals surface area contributed by atoms with Gasteiger partial charge in [-0.3, -0.25) is 10.1 Å². The number of rotatable bonds is 4. The summed E-state index contributed by atoms with van der Waals surface area (Å²) >= 11 is 0. The van der Waals surface area contributed by atoms with Gasteiger partial charge in [0, 0.05) is 17.2 Å². The first-order chi connectivity index (χ1) is 10.0. The fourth-order valence-corrected chi connectivity index (χ4v) is 1.84. The minimum atomic E-state index is -0.696. The number of nitro benzene ring substituents is 1. The lowest BCUT2D eigenvalue weighted by Gasteiger charge is -1.91. The molecular formula is C10H7N7O4. The summed E-state index contributed by atoms with van der Waals surface area (Å²) in [6.45, 7) is 0.142. The molecule has 0 aliphatic heterocycles. The Kier molecular flexibility index (Phi) is 2.79. The normalized spacial score (nSPS) is 10.9. The second-order valence-electron chi connectivity index (χ2n) is 4.14. The molecule has 0 spiro atoms. The van der Waals surface area contributed by atoms with Gasteiger partial charge in [-0.15, -0.1) is 0 Å². The maximum atomic E-state index is 10.7. The van der Waals surface area contributed by atoms with Crippen molar-refractivity contribution < 1.29 is 9.85 Å². The van der Waals surface area contributed by atoms with Crippen LogP contribution in [-0.2, 0) is 6.54 Å². The summed E-state index contributed by atoms with van der Waals surface area (Å²) in [5.74, 6) is -0.0351. The van der Waals surface area contributed by atoms with Gasteiger partial charge in [-0.2, -0.15) is 4.68 Å². The molecule has 0 saturated heterocycles.